The van der Waals surface area contributed by atoms with E-state index in [0.717, 1.165) is 42.4 Å². The Labute approximate surface area is 176 Å². The van der Waals surface area contributed by atoms with Crippen LogP contribution in [0.15, 0.2) is 30.3 Å². The maximum Gasteiger partial charge on any atom is 0.270 e. The van der Waals surface area contributed by atoms with E-state index in [-0.39, 0.29) is 17.9 Å². The number of nitrogens with two attached hydrogens (primary N) is 1. The lowest BCUT2D eigenvalue weighted by atomic mass is 10.2. The predicted molar refractivity (Wildman–Crippen MR) is 118 cm³/mol. The van der Waals surface area contributed by atoms with Gasteiger partial charge in [-0.15, -0.1) is 0 Å². The number of nitrogen functional groups attached to an aromatic ring is 1. The van der Waals surface area contributed by atoms with Crippen LogP contribution in [0.3, 0.4) is 0 Å². The van der Waals surface area contributed by atoms with Crippen molar-refractivity contribution in [2.45, 2.75) is 38.3 Å². The lowest BCUT2D eigenvalue weighted by Crippen LogP contribution is -2.25. The highest BCUT2D eigenvalue weighted by molar-refractivity contribution is 6.01. The van der Waals surface area contributed by atoms with Crippen molar-refractivity contribution in [1.29, 1.82) is 0 Å². The lowest BCUT2D eigenvalue weighted by molar-refractivity contribution is 0.0815. The molecular weight excluding hydrogens is 380 g/mol. The molecule has 2 aromatic heterocycles. The summed E-state index contributed by atoms with van der Waals surface area (Å²) in [6.45, 7) is 0.515. The zero-order valence-electron chi connectivity index (χ0n) is 17.7. The fraction of sp³-hybridized carbons (Fsp3) is 0.409. The van der Waals surface area contributed by atoms with Gasteiger partial charge in [0, 0.05) is 32.2 Å². The first-order valence-electron chi connectivity index (χ1n) is 10.3. The largest absolute Gasteiger partial charge is 0.496 e. The van der Waals surface area contributed by atoms with Gasteiger partial charge in [-0.2, -0.15) is 9.97 Å². The van der Waals surface area contributed by atoms with Crippen molar-refractivity contribution in [2.75, 3.05) is 32.3 Å². The highest BCUT2D eigenvalue weighted by Crippen LogP contribution is 2.36. The minimum absolute atomic E-state index is 0.0471. The smallest absolute Gasteiger partial charge is 0.270 e. The maximum absolute atomic E-state index is 12.9. The Morgan fingerprint density at radius 3 is 2.70 bits per heavy atom. The van der Waals surface area contributed by atoms with Gasteiger partial charge >= 0.3 is 0 Å². The van der Waals surface area contributed by atoms with E-state index in [4.69, 9.17) is 10.5 Å². The number of fused-ring (bicyclic) bond motifs is 1. The van der Waals surface area contributed by atoms with Crippen molar-refractivity contribution in [1.82, 2.24) is 19.4 Å². The Morgan fingerprint density at radius 1 is 1.27 bits per heavy atom. The van der Waals surface area contributed by atoms with E-state index < -0.39 is 0 Å². The van der Waals surface area contributed by atoms with Crippen molar-refractivity contribution < 1.29 is 9.53 Å². The van der Waals surface area contributed by atoms with Gasteiger partial charge in [-0.1, -0.05) is 31.0 Å². The molecule has 3 aromatic rings. The van der Waals surface area contributed by atoms with Crippen molar-refractivity contribution in [3.63, 3.8) is 0 Å². The second-order valence-electron chi connectivity index (χ2n) is 7.87. The quantitative estimate of drug-likeness (QED) is 0.648. The molecule has 158 valence electrons. The average molecular weight is 409 g/mol. The molecule has 1 amide bonds. The number of amides is 1. The molecule has 1 fully saturated rings. The molecule has 0 saturated heterocycles. The maximum atomic E-state index is 12.9. The molecule has 1 aliphatic rings. The number of para-hydroxylation sites is 1. The van der Waals surface area contributed by atoms with Crippen molar-refractivity contribution in [2.24, 2.45) is 0 Å². The number of methoxy groups -OCH3 is 1. The Morgan fingerprint density at radius 2 is 2.00 bits per heavy atom. The first kappa shape index (κ1) is 20.0. The first-order valence-corrected chi connectivity index (χ1v) is 10.3. The fourth-order valence-corrected chi connectivity index (χ4v) is 4.20. The van der Waals surface area contributed by atoms with E-state index in [1.54, 1.807) is 26.1 Å². The zero-order chi connectivity index (χ0) is 21.3. The first-order chi connectivity index (χ1) is 14.5. The van der Waals surface area contributed by atoms with Gasteiger partial charge in [-0.3, -0.25) is 4.79 Å². The number of aromatic nitrogens is 3. The minimum Gasteiger partial charge on any atom is -0.496 e. The molecule has 8 heteroatoms. The van der Waals surface area contributed by atoms with Gasteiger partial charge in [-0.05, 0) is 25.0 Å². The van der Waals surface area contributed by atoms with Gasteiger partial charge < -0.3 is 25.3 Å². The number of hydrogen-bond donors (Lipinski definition) is 2. The van der Waals surface area contributed by atoms with E-state index in [0.29, 0.717) is 23.7 Å². The second kappa shape index (κ2) is 8.22. The molecule has 3 N–H and O–H groups in total. The van der Waals surface area contributed by atoms with Gasteiger partial charge in [0.15, 0.2) is 0 Å². The Balaban J connectivity index is 1.79. The summed E-state index contributed by atoms with van der Waals surface area (Å²) in [6, 6.07) is 9.96. The molecule has 2 heterocycles. The van der Waals surface area contributed by atoms with Gasteiger partial charge in [0.05, 0.1) is 12.5 Å². The third kappa shape index (κ3) is 3.65. The average Bonchev–Trinajstić information content (AvgIpc) is 3.39. The molecule has 0 unspecified atom stereocenters. The van der Waals surface area contributed by atoms with E-state index in [1.165, 1.54) is 0 Å². The minimum atomic E-state index is -0.0471. The number of nitrogens with one attached hydrogen (secondary N) is 1. The van der Waals surface area contributed by atoms with Crippen LogP contribution >= 0.6 is 0 Å². The molecule has 1 saturated carbocycles. The number of rotatable bonds is 6. The predicted octanol–water partition coefficient (Wildman–Crippen LogP) is 3.45. The molecule has 0 aliphatic heterocycles. The fourth-order valence-electron chi connectivity index (χ4n) is 4.20. The summed E-state index contributed by atoms with van der Waals surface area (Å²) >= 11 is 0. The van der Waals surface area contributed by atoms with E-state index in [1.807, 2.05) is 30.3 Å². The topological polar surface area (TPSA) is 98.3 Å². The molecule has 1 aliphatic carbocycles. The summed E-state index contributed by atoms with van der Waals surface area (Å²) in [5.74, 6) is 1.56. The van der Waals surface area contributed by atoms with E-state index in [9.17, 15) is 4.79 Å². The van der Waals surface area contributed by atoms with Gasteiger partial charge in [0.2, 0.25) is 5.95 Å². The zero-order valence-corrected chi connectivity index (χ0v) is 17.7. The molecular formula is C22H28N6O2. The Hall–Kier alpha value is -3.29. The Bertz CT molecular complexity index is 1070. The number of carbonyl (C=O) groups is 1. The van der Waals surface area contributed by atoms with Crippen LogP contribution in [-0.2, 0) is 6.54 Å². The van der Waals surface area contributed by atoms with Gasteiger partial charge in [0.1, 0.15) is 22.9 Å². The van der Waals surface area contributed by atoms with Crippen LogP contribution in [0, 0.1) is 0 Å². The number of ether oxygens (including phenoxy) is 1. The number of benzene rings is 1. The number of carbonyl (C=O) groups excluding carboxylic acids is 1. The summed E-state index contributed by atoms with van der Waals surface area (Å²) in [5, 5.41) is 4.17. The third-order valence-electron chi connectivity index (χ3n) is 5.67. The molecule has 4 rings (SSSR count). The normalized spacial score (nSPS) is 14.2. The van der Waals surface area contributed by atoms with Crippen molar-refractivity contribution in [3.8, 4) is 5.75 Å². The molecule has 8 nitrogen and oxygen atoms in total. The Kier molecular flexibility index (Phi) is 5.48. The van der Waals surface area contributed by atoms with Crippen LogP contribution in [0.1, 0.15) is 47.8 Å². The molecule has 0 bridgehead atoms. The highest BCUT2D eigenvalue weighted by atomic mass is 16.5. The van der Waals surface area contributed by atoms with E-state index in [2.05, 4.69) is 19.9 Å². The standard InChI is InChI=1S/C22H28N6O2/c1-27(2)21(29)17-12-16-19(24-13-14-8-4-7-11-18(14)30-3)25-22(23)26-20(16)28(17)15-9-5-6-10-15/h4,7-8,11-12,15H,5-6,9-10,13H2,1-3H3,(H3,23,24,25,26). The van der Waals surface area contributed by atoms with Gasteiger partial charge in [0.25, 0.3) is 5.91 Å². The van der Waals surface area contributed by atoms with E-state index >= 15 is 0 Å². The number of hydrogen-bond acceptors (Lipinski definition) is 6. The highest BCUT2D eigenvalue weighted by Gasteiger charge is 2.27. The summed E-state index contributed by atoms with van der Waals surface area (Å²) in [7, 11) is 5.18. The van der Waals surface area contributed by atoms with Gasteiger partial charge in [-0.25, -0.2) is 0 Å². The summed E-state index contributed by atoms with van der Waals surface area (Å²) in [5.41, 5.74) is 8.41. The monoisotopic (exact) mass is 408 g/mol. The van der Waals surface area contributed by atoms with Crippen molar-refractivity contribution >= 4 is 28.7 Å². The van der Waals surface area contributed by atoms with Crippen LogP contribution in [0.4, 0.5) is 11.8 Å². The molecule has 1 aromatic carbocycles. The summed E-state index contributed by atoms with van der Waals surface area (Å²) in [6.07, 6.45) is 4.37. The lowest BCUT2D eigenvalue weighted by Gasteiger charge is -2.19. The molecule has 30 heavy (non-hydrogen) atoms. The molecule has 0 radical (unpaired) electrons. The van der Waals surface area contributed by atoms with Crippen molar-refractivity contribution in [3.05, 3.63) is 41.6 Å². The number of nitrogens with zero attached hydrogens (tertiary/aromatic N) is 4. The number of anilines is 2. The molecule has 0 atom stereocenters. The molecule has 0 spiro atoms. The van der Waals surface area contributed by atoms with Crippen LogP contribution in [0.5, 0.6) is 5.75 Å². The summed E-state index contributed by atoms with van der Waals surface area (Å²) in [4.78, 5) is 23.5. The van der Waals surface area contributed by atoms with Crippen LogP contribution in [-0.4, -0.2) is 46.5 Å². The third-order valence-corrected chi connectivity index (χ3v) is 5.67. The van der Waals surface area contributed by atoms with Crippen LogP contribution in [0.2, 0.25) is 0 Å². The summed E-state index contributed by atoms with van der Waals surface area (Å²) < 4.78 is 7.51. The SMILES string of the molecule is COc1ccccc1CNc1nc(N)nc2c1cc(C(=O)N(C)C)n2C1CCCC1. The second-order valence-corrected chi connectivity index (χ2v) is 7.87. The van der Waals surface area contributed by atoms with Crippen LogP contribution in [0.25, 0.3) is 11.0 Å². The van der Waals surface area contributed by atoms with Crippen LogP contribution < -0.4 is 15.8 Å².